The lowest BCUT2D eigenvalue weighted by Crippen LogP contribution is -2.48. The van der Waals surface area contributed by atoms with Gasteiger partial charge in [-0.25, -0.2) is 0 Å². The van der Waals surface area contributed by atoms with Crippen molar-refractivity contribution in [1.29, 1.82) is 0 Å². The zero-order chi connectivity index (χ0) is 15.2. The van der Waals surface area contributed by atoms with Crippen LogP contribution in [0.4, 0.5) is 0 Å². The maximum atomic E-state index is 12.2. The molecule has 1 unspecified atom stereocenters. The summed E-state index contributed by atoms with van der Waals surface area (Å²) in [6.07, 6.45) is 3.46. The zero-order valence-electron chi connectivity index (χ0n) is 12.3. The summed E-state index contributed by atoms with van der Waals surface area (Å²) in [6.45, 7) is 2.29. The van der Waals surface area contributed by atoms with Crippen LogP contribution in [0.2, 0.25) is 0 Å². The van der Waals surface area contributed by atoms with E-state index in [1.807, 2.05) is 24.3 Å². The number of para-hydroxylation sites is 1. The highest BCUT2D eigenvalue weighted by Gasteiger charge is 2.40. The molecule has 1 aromatic carbocycles. The Bertz CT molecular complexity index is 719. The fraction of sp³-hybridized carbons (Fsp3) is 0.500. The molecule has 3 aliphatic rings. The Morgan fingerprint density at radius 2 is 1.86 bits per heavy atom. The third kappa shape index (κ3) is 2.40. The Labute approximate surface area is 130 Å². The number of rotatable bonds is 1. The van der Waals surface area contributed by atoms with Gasteiger partial charge in [-0.3, -0.25) is 4.90 Å². The monoisotopic (exact) mass is 321 g/mol. The van der Waals surface area contributed by atoms with E-state index in [1.165, 1.54) is 6.42 Å². The molecular weight excluding hydrogens is 302 g/mol. The van der Waals surface area contributed by atoms with E-state index in [0.29, 0.717) is 18.1 Å². The maximum Gasteiger partial charge on any atom is 0.311 e. The number of benzene rings is 1. The normalized spacial score (nSPS) is 27.4. The van der Waals surface area contributed by atoms with E-state index in [9.17, 15) is 8.42 Å². The second-order valence-corrected chi connectivity index (χ2v) is 7.67. The van der Waals surface area contributed by atoms with Crippen molar-refractivity contribution in [2.24, 2.45) is 0 Å². The molecule has 0 radical (unpaired) electrons. The van der Waals surface area contributed by atoms with E-state index < -0.39 is 10.1 Å². The van der Waals surface area contributed by atoms with Crippen molar-refractivity contribution < 1.29 is 17.3 Å². The summed E-state index contributed by atoms with van der Waals surface area (Å²) in [5.41, 5.74) is 1.71. The highest BCUT2D eigenvalue weighted by Crippen LogP contribution is 2.40. The fourth-order valence-corrected chi connectivity index (χ4v) is 4.85. The van der Waals surface area contributed by atoms with E-state index in [2.05, 4.69) is 4.90 Å². The average molecular weight is 321 g/mol. The van der Waals surface area contributed by atoms with Crippen molar-refractivity contribution >= 4 is 15.9 Å². The molecule has 118 valence electrons. The van der Waals surface area contributed by atoms with Crippen LogP contribution < -0.4 is 4.74 Å². The predicted molar refractivity (Wildman–Crippen MR) is 82.9 cm³/mol. The summed E-state index contributed by atoms with van der Waals surface area (Å²) < 4.78 is 35.7. The van der Waals surface area contributed by atoms with E-state index >= 15 is 0 Å². The molecular formula is C16H19NO4S. The number of hydrogen-bond donors (Lipinski definition) is 0. The van der Waals surface area contributed by atoms with Crippen molar-refractivity contribution in [2.45, 2.75) is 25.3 Å². The van der Waals surface area contributed by atoms with Gasteiger partial charge < -0.3 is 8.92 Å². The van der Waals surface area contributed by atoms with Crippen LogP contribution >= 0.6 is 0 Å². The largest absolute Gasteiger partial charge is 0.488 e. The van der Waals surface area contributed by atoms with Gasteiger partial charge in [0.15, 0.2) is 5.76 Å². The third-order valence-corrected chi connectivity index (χ3v) is 5.76. The van der Waals surface area contributed by atoms with Crippen molar-refractivity contribution in [3.05, 3.63) is 35.4 Å². The highest BCUT2D eigenvalue weighted by molar-refractivity contribution is 7.87. The highest BCUT2D eigenvalue weighted by atomic mass is 32.2. The van der Waals surface area contributed by atoms with E-state index in [4.69, 9.17) is 8.92 Å². The first-order valence-corrected chi connectivity index (χ1v) is 9.33. The van der Waals surface area contributed by atoms with Crippen LogP contribution in [0.25, 0.3) is 5.76 Å². The van der Waals surface area contributed by atoms with Crippen LogP contribution in [0, 0.1) is 0 Å². The van der Waals surface area contributed by atoms with Crippen LogP contribution in [0.3, 0.4) is 0 Å². The van der Waals surface area contributed by atoms with Crippen LogP contribution in [-0.2, 0) is 14.3 Å². The fourth-order valence-electron chi connectivity index (χ4n) is 3.53. The maximum absolute atomic E-state index is 12.2. The molecule has 0 N–H and O–H groups in total. The topological polar surface area (TPSA) is 55.8 Å². The molecule has 0 amide bonds. The Balaban J connectivity index is 1.80. The molecule has 1 fully saturated rings. The van der Waals surface area contributed by atoms with Gasteiger partial charge in [-0.1, -0.05) is 18.6 Å². The van der Waals surface area contributed by atoms with Gasteiger partial charge >= 0.3 is 10.1 Å². The Hall–Kier alpha value is -1.53. The molecule has 1 aromatic rings. The molecule has 4 rings (SSSR count). The molecule has 0 aliphatic carbocycles. The van der Waals surface area contributed by atoms with Gasteiger partial charge in [0, 0.05) is 5.57 Å². The van der Waals surface area contributed by atoms with Crippen LogP contribution in [0.1, 0.15) is 24.8 Å². The minimum Gasteiger partial charge on any atom is -0.488 e. The summed E-state index contributed by atoms with van der Waals surface area (Å²) >= 11 is 0. The first-order valence-electron chi connectivity index (χ1n) is 7.75. The lowest BCUT2D eigenvalue weighted by Gasteiger charge is -2.40. The summed E-state index contributed by atoms with van der Waals surface area (Å²) in [4.78, 5) is 2.27. The smallest absolute Gasteiger partial charge is 0.311 e. The van der Waals surface area contributed by atoms with Crippen molar-refractivity contribution in [3.8, 4) is 5.75 Å². The van der Waals surface area contributed by atoms with Gasteiger partial charge in [0.25, 0.3) is 0 Å². The van der Waals surface area contributed by atoms with Crippen molar-refractivity contribution in [1.82, 2.24) is 4.90 Å². The molecule has 0 saturated carbocycles. The molecule has 22 heavy (non-hydrogen) atoms. The molecule has 1 saturated heterocycles. The Morgan fingerprint density at radius 3 is 2.68 bits per heavy atom. The second-order valence-electron chi connectivity index (χ2n) is 6.06. The van der Waals surface area contributed by atoms with Crippen molar-refractivity contribution in [3.63, 3.8) is 0 Å². The van der Waals surface area contributed by atoms with E-state index in [1.54, 1.807) is 0 Å². The van der Waals surface area contributed by atoms with Crippen LogP contribution in [0.15, 0.2) is 29.8 Å². The molecule has 3 aliphatic heterocycles. The standard InChI is InChI=1S/C16H19NO4S/c18-22(19)11-14(17-8-4-1-5-9-17)13-10-20-15-7-3-2-6-12(15)16(13)21-22/h2-3,6-7,14H,1,4-5,8-11H2. The average Bonchev–Trinajstić information content (AvgIpc) is 2.54. The number of nitrogens with zero attached hydrogens (tertiary/aromatic N) is 1. The molecule has 0 bridgehead atoms. The number of piperidine rings is 1. The number of fused-ring (bicyclic) bond motifs is 2. The summed E-state index contributed by atoms with van der Waals surface area (Å²) in [5, 5.41) is 0. The molecule has 6 heteroatoms. The van der Waals surface area contributed by atoms with Crippen LogP contribution in [0.5, 0.6) is 5.75 Å². The van der Waals surface area contributed by atoms with Gasteiger partial charge in [-0.15, -0.1) is 0 Å². The first kappa shape index (κ1) is 14.1. The summed E-state index contributed by atoms with van der Waals surface area (Å²) in [5.74, 6) is 1.21. The zero-order valence-corrected chi connectivity index (χ0v) is 13.1. The number of likely N-dealkylation sites (tertiary alicyclic amines) is 1. The Morgan fingerprint density at radius 1 is 1.09 bits per heavy atom. The molecule has 0 spiro atoms. The van der Waals surface area contributed by atoms with Gasteiger partial charge in [0.1, 0.15) is 18.1 Å². The molecule has 3 heterocycles. The van der Waals surface area contributed by atoms with Gasteiger partial charge in [0.05, 0.1) is 11.6 Å². The lowest BCUT2D eigenvalue weighted by molar-refractivity contribution is 0.176. The third-order valence-electron chi connectivity index (χ3n) is 4.61. The number of hydrogen-bond acceptors (Lipinski definition) is 5. The quantitative estimate of drug-likeness (QED) is 0.741. The van der Waals surface area contributed by atoms with E-state index in [-0.39, 0.29) is 11.8 Å². The SMILES string of the molecule is O=S1(=O)CC(N2CCCCC2)C2=C(O1)c1ccccc1OC2. The van der Waals surface area contributed by atoms with Crippen molar-refractivity contribution in [2.75, 3.05) is 25.4 Å². The molecule has 0 aromatic heterocycles. The minimum atomic E-state index is -3.55. The molecule has 5 nitrogen and oxygen atoms in total. The van der Waals surface area contributed by atoms with Gasteiger partial charge in [-0.05, 0) is 38.1 Å². The van der Waals surface area contributed by atoms with Gasteiger partial charge in [-0.2, -0.15) is 8.42 Å². The lowest BCUT2D eigenvalue weighted by atomic mass is 9.97. The second kappa shape index (κ2) is 5.28. The predicted octanol–water partition coefficient (Wildman–Crippen LogP) is 2.00. The van der Waals surface area contributed by atoms with Crippen LogP contribution in [-0.4, -0.2) is 44.8 Å². The van der Waals surface area contributed by atoms with E-state index in [0.717, 1.165) is 37.1 Å². The summed E-state index contributed by atoms with van der Waals surface area (Å²) in [7, 11) is -3.55. The number of ether oxygens (including phenoxy) is 1. The minimum absolute atomic E-state index is 0.0252. The molecule has 1 atom stereocenters. The summed E-state index contributed by atoms with van der Waals surface area (Å²) in [6, 6.07) is 7.34. The Kier molecular flexibility index (Phi) is 3.38. The van der Waals surface area contributed by atoms with Gasteiger partial charge in [0.2, 0.25) is 0 Å². The first-order chi connectivity index (χ1) is 10.6.